The van der Waals surface area contributed by atoms with Gasteiger partial charge in [-0.15, -0.1) is 0 Å². The summed E-state index contributed by atoms with van der Waals surface area (Å²) < 4.78 is 5.74. The topological polar surface area (TPSA) is 66.8 Å². The third-order valence-electron chi connectivity index (χ3n) is 4.45. The number of nitrogens with zero attached hydrogens (tertiary/aromatic N) is 1. The first-order valence-electron chi connectivity index (χ1n) is 8.39. The number of rotatable bonds is 5. The summed E-state index contributed by atoms with van der Waals surface area (Å²) in [7, 11) is 0. The number of imide groups is 1. The van der Waals surface area contributed by atoms with Crippen LogP contribution in [0.25, 0.3) is 10.8 Å². The lowest BCUT2D eigenvalue weighted by Crippen LogP contribution is -2.39. The molecule has 1 aliphatic heterocycles. The number of amides is 2. The van der Waals surface area contributed by atoms with Gasteiger partial charge >= 0.3 is 0 Å². The minimum Gasteiger partial charge on any atom is -0.490 e. The minimum atomic E-state index is -0.976. The molecule has 0 aliphatic carbocycles. The molecule has 1 aliphatic rings. The number of hydrogen-bond acceptors (Lipinski definition) is 4. The molecule has 1 N–H and O–H groups in total. The maximum Gasteiger partial charge on any atom is 0.261 e. The lowest BCUT2D eigenvalue weighted by atomic mass is 10.1. The predicted molar refractivity (Wildman–Crippen MR) is 97.3 cm³/mol. The number of hydrogen-bond donors (Lipinski definition) is 1. The van der Waals surface area contributed by atoms with Crippen molar-refractivity contribution in [1.29, 1.82) is 0 Å². The summed E-state index contributed by atoms with van der Waals surface area (Å²) in [5.74, 6) is -0.103. The molecule has 5 heteroatoms. The number of carbonyl (C=O) groups is 2. The van der Waals surface area contributed by atoms with Gasteiger partial charge in [-0.3, -0.25) is 14.5 Å². The van der Waals surface area contributed by atoms with Crippen LogP contribution in [-0.2, 0) is 0 Å². The van der Waals surface area contributed by atoms with Crippen LogP contribution in [0, 0.1) is 0 Å². The molecule has 5 nitrogen and oxygen atoms in total. The molecule has 0 bridgehead atoms. The molecule has 0 spiro atoms. The summed E-state index contributed by atoms with van der Waals surface area (Å²) in [6.45, 7) is -0.113. The summed E-state index contributed by atoms with van der Waals surface area (Å²) in [5, 5.41) is 12.3. The van der Waals surface area contributed by atoms with E-state index in [-0.39, 0.29) is 25.0 Å². The van der Waals surface area contributed by atoms with Gasteiger partial charge in [0, 0.05) is 5.39 Å². The molecule has 0 saturated heterocycles. The molecule has 1 heterocycles. The second-order valence-electron chi connectivity index (χ2n) is 6.21. The lowest BCUT2D eigenvalue weighted by Gasteiger charge is -2.19. The van der Waals surface area contributed by atoms with Gasteiger partial charge in [-0.25, -0.2) is 0 Å². The Kier molecular flexibility index (Phi) is 4.14. The third kappa shape index (κ3) is 2.82. The average molecular weight is 347 g/mol. The van der Waals surface area contributed by atoms with Crippen molar-refractivity contribution in [2.45, 2.75) is 6.10 Å². The van der Waals surface area contributed by atoms with E-state index in [2.05, 4.69) is 0 Å². The zero-order chi connectivity index (χ0) is 18.1. The van der Waals surface area contributed by atoms with E-state index in [0.29, 0.717) is 16.9 Å². The molecule has 0 radical (unpaired) electrons. The molecular weight excluding hydrogens is 330 g/mol. The average Bonchev–Trinajstić information content (AvgIpc) is 2.91. The second-order valence-corrected chi connectivity index (χ2v) is 6.21. The van der Waals surface area contributed by atoms with E-state index in [4.69, 9.17) is 4.74 Å². The Hall–Kier alpha value is -3.18. The highest BCUT2D eigenvalue weighted by molar-refractivity contribution is 6.21. The SMILES string of the molecule is O=C1c2ccccc2C(=O)N1C[C@H](O)COc1cccc2ccccc12. The van der Waals surface area contributed by atoms with Crippen molar-refractivity contribution in [2.75, 3.05) is 13.2 Å². The second kappa shape index (κ2) is 6.61. The van der Waals surface area contributed by atoms with Gasteiger partial charge in [0.25, 0.3) is 11.8 Å². The molecule has 4 rings (SSSR count). The summed E-state index contributed by atoms with van der Waals surface area (Å²) in [6.07, 6.45) is -0.976. The highest BCUT2D eigenvalue weighted by Crippen LogP contribution is 2.26. The largest absolute Gasteiger partial charge is 0.490 e. The molecular formula is C21H17NO4. The van der Waals surface area contributed by atoms with Crippen molar-refractivity contribution in [3.05, 3.63) is 77.9 Å². The van der Waals surface area contributed by atoms with Crippen LogP contribution < -0.4 is 4.74 Å². The van der Waals surface area contributed by atoms with Gasteiger partial charge in [0.05, 0.1) is 17.7 Å². The van der Waals surface area contributed by atoms with Gasteiger partial charge in [-0.05, 0) is 23.6 Å². The quantitative estimate of drug-likeness (QED) is 0.721. The summed E-state index contributed by atoms with van der Waals surface area (Å²) >= 11 is 0. The summed E-state index contributed by atoms with van der Waals surface area (Å²) in [4.78, 5) is 25.8. The Balaban J connectivity index is 1.44. The highest BCUT2D eigenvalue weighted by atomic mass is 16.5. The molecule has 3 aromatic rings. The molecule has 0 unspecified atom stereocenters. The Morgan fingerprint density at radius 2 is 1.46 bits per heavy atom. The zero-order valence-electron chi connectivity index (χ0n) is 14.0. The fraction of sp³-hybridized carbons (Fsp3) is 0.143. The highest BCUT2D eigenvalue weighted by Gasteiger charge is 2.36. The fourth-order valence-electron chi connectivity index (χ4n) is 3.18. The van der Waals surface area contributed by atoms with E-state index >= 15 is 0 Å². The smallest absolute Gasteiger partial charge is 0.261 e. The number of aliphatic hydroxyl groups is 1. The first-order valence-corrected chi connectivity index (χ1v) is 8.39. The number of fused-ring (bicyclic) bond motifs is 2. The number of ether oxygens (including phenoxy) is 1. The van der Waals surface area contributed by atoms with Gasteiger partial charge in [-0.2, -0.15) is 0 Å². The Labute approximate surface area is 150 Å². The van der Waals surface area contributed by atoms with Crippen molar-refractivity contribution in [1.82, 2.24) is 4.90 Å². The Morgan fingerprint density at radius 3 is 2.19 bits per heavy atom. The van der Waals surface area contributed by atoms with Crippen LogP contribution in [-0.4, -0.2) is 41.1 Å². The van der Waals surface area contributed by atoms with Crippen LogP contribution in [0.4, 0.5) is 0 Å². The van der Waals surface area contributed by atoms with Crippen molar-refractivity contribution in [2.24, 2.45) is 0 Å². The van der Waals surface area contributed by atoms with E-state index in [1.807, 2.05) is 42.5 Å². The minimum absolute atomic E-state index is 0.0125. The van der Waals surface area contributed by atoms with E-state index < -0.39 is 6.10 Å². The van der Waals surface area contributed by atoms with Crippen LogP contribution in [0.1, 0.15) is 20.7 Å². The van der Waals surface area contributed by atoms with Crippen LogP contribution >= 0.6 is 0 Å². The monoisotopic (exact) mass is 347 g/mol. The lowest BCUT2D eigenvalue weighted by molar-refractivity contribution is 0.0458. The molecule has 0 saturated carbocycles. The third-order valence-corrected chi connectivity index (χ3v) is 4.45. The predicted octanol–water partition coefficient (Wildman–Crippen LogP) is 2.88. The first-order chi connectivity index (χ1) is 12.6. The van der Waals surface area contributed by atoms with Gasteiger partial charge in [0.2, 0.25) is 0 Å². The molecule has 3 aromatic carbocycles. The number of carbonyl (C=O) groups excluding carboxylic acids is 2. The van der Waals surface area contributed by atoms with Crippen LogP contribution in [0.3, 0.4) is 0 Å². The molecule has 0 fully saturated rings. The van der Waals surface area contributed by atoms with Gasteiger partial charge in [-0.1, -0.05) is 48.5 Å². The summed E-state index contributed by atoms with van der Waals surface area (Å²) in [5.41, 5.74) is 0.749. The van der Waals surface area contributed by atoms with Crippen LogP contribution in [0.2, 0.25) is 0 Å². The molecule has 1 atom stereocenters. The normalized spacial score (nSPS) is 14.6. The fourth-order valence-corrected chi connectivity index (χ4v) is 3.18. The van der Waals surface area contributed by atoms with Crippen molar-refractivity contribution in [3.8, 4) is 5.75 Å². The number of β-amino-alcohol motifs (C(OH)–C–C–N with tert-alkyl or cyclic N) is 1. The van der Waals surface area contributed by atoms with E-state index in [0.717, 1.165) is 15.7 Å². The van der Waals surface area contributed by atoms with Crippen LogP contribution in [0.15, 0.2) is 66.7 Å². The van der Waals surface area contributed by atoms with Gasteiger partial charge in [0.1, 0.15) is 18.5 Å². The maximum atomic E-state index is 12.3. The van der Waals surface area contributed by atoms with Gasteiger partial charge in [0.15, 0.2) is 0 Å². The maximum absolute atomic E-state index is 12.3. The van der Waals surface area contributed by atoms with E-state index in [1.54, 1.807) is 24.3 Å². The van der Waals surface area contributed by atoms with Crippen molar-refractivity contribution in [3.63, 3.8) is 0 Å². The van der Waals surface area contributed by atoms with Gasteiger partial charge < -0.3 is 9.84 Å². The standard InChI is InChI=1S/C21H17NO4/c23-15(12-22-20(24)17-9-3-4-10-18(17)21(22)25)13-26-19-11-5-7-14-6-1-2-8-16(14)19/h1-11,15,23H,12-13H2/t15-/m0/s1. The van der Waals surface area contributed by atoms with Crippen molar-refractivity contribution < 1.29 is 19.4 Å². The van der Waals surface area contributed by atoms with E-state index in [1.165, 1.54) is 0 Å². The number of aliphatic hydroxyl groups excluding tert-OH is 1. The Morgan fingerprint density at radius 1 is 0.846 bits per heavy atom. The molecule has 26 heavy (non-hydrogen) atoms. The van der Waals surface area contributed by atoms with Crippen LogP contribution in [0.5, 0.6) is 5.75 Å². The number of benzene rings is 3. The zero-order valence-corrected chi connectivity index (χ0v) is 14.0. The first kappa shape index (κ1) is 16.3. The molecule has 2 amide bonds. The summed E-state index contributed by atoms with van der Waals surface area (Å²) in [6, 6.07) is 20.2. The molecule has 130 valence electrons. The molecule has 0 aromatic heterocycles. The van der Waals surface area contributed by atoms with E-state index in [9.17, 15) is 14.7 Å². The van der Waals surface area contributed by atoms with Crippen molar-refractivity contribution >= 4 is 22.6 Å². The Bertz CT molecular complexity index is 958.